The molecule has 2 rings (SSSR count). The Morgan fingerprint density at radius 2 is 2.16 bits per heavy atom. The summed E-state index contributed by atoms with van der Waals surface area (Å²) in [4.78, 5) is 0. The molecule has 1 atom stereocenters. The second-order valence-corrected chi connectivity index (χ2v) is 7.30. The van der Waals surface area contributed by atoms with Gasteiger partial charge in [-0.3, -0.25) is 0 Å². The number of phenolic OH excluding ortho intramolecular Hbond substituents is 1. The van der Waals surface area contributed by atoms with Crippen molar-refractivity contribution < 1.29 is 9.84 Å². The molecule has 1 saturated carbocycles. The van der Waals surface area contributed by atoms with Crippen molar-refractivity contribution >= 4 is 15.9 Å². The van der Waals surface area contributed by atoms with Gasteiger partial charge >= 0.3 is 0 Å². The summed E-state index contributed by atoms with van der Waals surface area (Å²) in [7, 11) is 1.66. The van der Waals surface area contributed by atoms with Crippen LogP contribution in [-0.2, 0) is 6.42 Å². The number of benzene rings is 1. The molecule has 1 N–H and O–H groups in total. The Balaban J connectivity index is 2.14. The van der Waals surface area contributed by atoms with E-state index in [2.05, 4.69) is 29.8 Å². The van der Waals surface area contributed by atoms with Crippen molar-refractivity contribution in [2.45, 2.75) is 46.0 Å². The van der Waals surface area contributed by atoms with Crippen LogP contribution in [0, 0.1) is 11.3 Å². The van der Waals surface area contributed by atoms with E-state index in [0.29, 0.717) is 17.1 Å². The average Bonchev–Trinajstić information content (AvgIpc) is 2.31. The van der Waals surface area contributed by atoms with Crippen LogP contribution in [0.4, 0.5) is 0 Å². The highest BCUT2D eigenvalue weighted by Gasteiger charge is 2.28. The fraction of sp³-hybridized carbons (Fsp3) is 0.625. The normalized spacial score (nSPS) is 22.2. The molecule has 3 heteroatoms. The van der Waals surface area contributed by atoms with E-state index < -0.39 is 0 Å². The molecule has 1 aliphatic carbocycles. The van der Waals surface area contributed by atoms with Crippen LogP contribution in [0.15, 0.2) is 16.6 Å². The van der Waals surface area contributed by atoms with Crippen LogP contribution < -0.4 is 4.74 Å². The maximum atomic E-state index is 10.1. The highest BCUT2D eigenvalue weighted by molar-refractivity contribution is 9.10. The summed E-state index contributed by atoms with van der Waals surface area (Å²) in [5.74, 6) is 1.83. The van der Waals surface area contributed by atoms with Gasteiger partial charge in [-0.2, -0.15) is 0 Å². The summed E-state index contributed by atoms with van der Waals surface area (Å²) in [5.41, 5.74) is 1.44. The lowest BCUT2D eigenvalue weighted by Crippen LogP contribution is -2.23. The molecule has 0 amide bonds. The molecular formula is C16H23BrO2. The zero-order valence-electron chi connectivity index (χ0n) is 12.0. The first-order chi connectivity index (χ1) is 8.91. The summed E-state index contributed by atoms with van der Waals surface area (Å²) in [6, 6.07) is 3.70. The van der Waals surface area contributed by atoms with E-state index in [1.807, 2.05) is 6.07 Å². The number of ether oxygens (including phenoxy) is 1. The molecule has 1 aromatic rings. The van der Waals surface area contributed by atoms with E-state index in [0.717, 1.165) is 22.2 Å². The van der Waals surface area contributed by atoms with Crippen LogP contribution in [0.3, 0.4) is 0 Å². The third-order valence-electron chi connectivity index (χ3n) is 4.17. The molecule has 0 heterocycles. The minimum absolute atomic E-state index is 0.371. The average molecular weight is 327 g/mol. The van der Waals surface area contributed by atoms with E-state index in [9.17, 15) is 5.11 Å². The van der Waals surface area contributed by atoms with Crippen molar-refractivity contribution in [3.63, 3.8) is 0 Å². The van der Waals surface area contributed by atoms with Gasteiger partial charge in [-0.25, -0.2) is 0 Å². The Morgan fingerprint density at radius 1 is 1.42 bits per heavy atom. The first-order valence-electron chi connectivity index (χ1n) is 6.97. The maximum Gasteiger partial charge on any atom is 0.133 e. The summed E-state index contributed by atoms with van der Waals surface area (Å²) < 4.78 is 6.12. The van der Waals surface area contributed by atoms with Gasteiger partial charge < -0.3 is 9.84 Å². The monoisotopic (exact) mass is 326 g/mol. The van der Waals surface area contributed by atoms with Gasteiger partial charge in [0, 0.05) is 0 Å². The molecule has 0 aromatic heterocycles. The lowest BCUT2D eigenvalue weighted by Gasteiger charge is -2.35. The Labute approximate surface area is 124 Å². The van der Waals surface area contributed by atoms with Gasteiger partial charge in [-0.05, 0) is 64.2 Å². The van der Waals surface area contributed by atoms with E-state index >= 15 is 0 Å². The molecule has 1 unspecified atom stereocenters. The minimum atomic E-state index is 0.371. The largest absolute Gasteiger partial charge is 0.508 e. The number of methoxy groups -OCH3 is 1. The lowest BCUT2D eigenvalue weighted by atomic mass is 9.70. The molecular weight excluding hydrogens is 304 g/mol. The van der Waals surface area contributed by atoms with Gasteiger partial charge in [0.2, 0.25) is 0 Å². The van der Waals surface area contributed by atoms with Crippen LogP contribution in [0.2, 0.25) is 0 Å². The first-order valence-corrected chi connectivity index (χ1v) is 7.76. The van der Waals surface area contributed by atoms with Crippen LogP contribution in [-0.4, -0.2) is 12.2 Å². The van der Waals surface area contributed by atoms with Crippen molar-refractivity contribution in [3.05, 3.63) is 22.2 Å². The van der Waals surface area contributed by atoms with Gasteiger partial charge in [0.15, 0.2) is 0 Å². The van der Waals surface area contributed by atoms with Gasteiger partial charge in [0.25, 0.3) is 0 Å². The number of aromatic hydroxyl groups is 1. The number of phenols is 1. The van der Waals surface area contributed by atoms with E-state index in [1.165, 1.54) is 25.7 Å². The smallest absolute Gasteiger partial charge is 0.133 e. The van der Waals surface area contributed by atoms with E-state index in [1.54, 1.807) is 13.2 Å². The summed E-state index contributed by atoms with van der Waals surface area (Å²) in [5, 5.41) is 10.1. The van der Waals surface area contributed by atoms with Crippen LogP contribution in [0.1, 0.15) is 45.1 Å². The number of rotatable bonds is 3. The van der Waals surface area contributed by atoms with Crippen LogP contribution >= 0.6 is 15.9 Å². The fourth-order valence-corrected chi connectivity index (χ4v) is 3.74. The molecule has 106 valence electrons. The van der Waals surface area contributed by atoms with Gasteiger partial charge in [0.05, 0.1) is 11.6 Å². The molecule has 0 spiro atoms. The standard InChI is InChI=1S/C16H23BrO2/c1-16(2)6-4-5-11(10-16)7-12-8-15(19-3)13(17)9-14(12)18/h8-9,11,18H,4-7,10H2,1-3H3. The maximum absolute atomic E-state index is 10.1. The molecule has 0 saturated heterocycles. The zero-order chi connectivity index (χ0) is 14.0. The summed E-state index contributed by atoms with van der Waals surface area (Å²) in [6.07, 6.45) is 6.07. The lowest BCUT2D eigenvalue weighted by molar-refractivity contribution is 0.179. The van der Waals surface area contributed by atoms with Crippen molar-refractivity contribution in [2.24, 2.45) is 11.3 Å². The molecule has 1 aliphatic rings. The third-order valence-corrected chi connectivity index (χ3v) is 4.79. The first kappa shape index (κ1) is 14.7. The van der Waals surface area contributed by atoms with Crippen molar-refractivity contribution in [2.75, 3.05) is 7.11 Å². The summed E-state index contributed by atoms with van der Waals surface area (Å²) >= 11 is 3.40. The topological polar surface area (TPSA) is 29.5 Å². The highest BCUT2D eigenvalue weighted by Crippen LogP contribution is 2.41. The molecule has 0 aliphatic heterocycles. The fourth-order valence-electron chi connectivity index (χ4n) is 3.25. The molecule has 1 aromatic carbocycles. The van der Waals surface area contributed by atoms with Crippen LogP contribution in [0.25, 0.3) is 0 Å². The predicted octanol–water partition coefficient (Wildman–Crippen LogP) is 4.92. The number of hydrogen-bond donors (Lipinski definition) is 1. The Bertz CT molecular complexity index is 454. The Hall–Kier alpha value is -0.700. The SMILES string of the molecule is COc1cc(CC2CCCC(C)(C)C2)c(O)cc1Br. The van der Waals surface area contributed by atoms with Crippen molar-refractivity contribution in [1.82, 2.24) is 0 Å². The molecule has 0 radical (unpaired) electrons. The van der Waals surface area contributed by atoms with Crippen LogP contribution in [0.5, 0.6) is 11.5 Å². The molecule has 0 bridgehead atoms. The Morgan fingerprint density at radius 3 is 2.79 bits per heavy atom. The predicted molar refractivity (Wildman–Crippen MR) is 81.8 cm³/mol. The minimum Gasteiger partial charge on any atom is -0.508 e. The second-order valence-electron chi connectivity index (χ2n) is 6.45. The molecule has 1 fully saturated rings. The molecule has 19 heavy (non-hydrogen) atoms. The quantitative estimate of drug-likeness (QED) is 0.854. The number of halogens is 1. The highest BCUT2D eigenvalue weighted by atomic mass is 79.9. The van der Waals surface area contributed by atoms with Gasteiger partial charge in [0.1, 0.15) is 11.5 Å². The second kappa shape index (κ2) is 5.74. The van der Waals surface area contributed by atoms with Crippen molar-refractivity contribution in [1.29, 1.82) is 0 Å². The zero-order valence-corrected chi connectivity index (χ0v) is 13.6. The van der Waals surface area contributed by atoms with E-state index in [4.69, 9.17) is 4.74 Å². The van der Waals surface area contributed by atoms with Gasteiger partial charge in [-0.15, -0.1) is 0 Å². The summed E-state index contributed by atoms with van der Waals surface area (Å²) in [6.45, 7) is 4.70. The van der Waals surface area contributed by atoms with Gasteiger partial charge in [-0.1, -0.05) is 26.7 Å². The van der Waals surface area contributed by atoms with Crippen molar-refractivity contribution in [3.8, 4) is 11.5 Å². The third kappa shape index (κ3) is 3.65. The molecule has 2 nitrogen and oxygen atoms in total. The number of hydrogen-bond acceptors (Lipinski definition) is 2. The Kier molecular flexibility index (Phi) is 4.44. The van der Waals surface area contributed by atoms with E-state index in [-0.39, 0.29) is 0 Å².